The van der Waals surface area contributed by atoms with Gasteiger partial charge >= 0.3 is 0 Å². The number of carbonyl (C=O) groups is 2. The number of primary amides is 1. The Morgan fingerprint density at radius 1 is 1.30 bits per heavy atom. The standard InChI is InChI=1S/C14H19N3O3/c15-12(18)6-9-20-11-5-2-1-4-10(11)17-13(19)14(16)7-3-8-14/h1-2,4-5H,3,6-9,16H2,(H2,15,18)(H,17,19). The summed E-state index contributed by atoms with van der Waals surface area (Å²) in [5, 5.41) is 2.79. The SMILES string of the molecule is NC(=O)CCOc1ccccc1NC(=O)C1(N)CCC1. The van der Waals surface area contributed by atoms with Crippen LogP contribution < -0.4 is 21.5 Å². The molecule has 0 spiro atoms. The fraction of sp³-hybridized carbons (Fsp3) is 0.429. The van der Waals surface area contributed by atoms with Gasteiger partial charge in [0, 0.05) is 0 Å². The summed E-state index contributed by atoms with van der Waals surface area (Å²) >= 11 is 0. The van der Waals surface area contributed by atoms with E-state index in [0.29, 0.717) is 24.3 Å². The summed E-state index contributed by atoms with van der Waals surface area (Å²) in [4.78, 5) is 22.8. The molecule has 6 heteroatoms. The largest absolute Gasteiger partial charge is 0.491 e. The molecule has 1 saturated carbocycles. The predicted octanol–water partition coefficient (Wildman–Crippen LogP) is 0.761. The smallest absolute Gasteiger partial charge is 0.244 e. The number of rotatable bonds is 6. The second-order valence-electron chi connectivity index (χ2n) is 5.02. The average molecular weight is 277 g/mol. The van der Waals surface area contributed by atoms with Gasteiger partial charge in [0.2, 0.25) is 11.8 Å². The number of para-hydroxylation sites is 2. The number of carbonyl (C=O) groups excluding carboxylic acids is 2. The maximum Gasteiger partial charge on any atom is 0.244 e. The Labute approximate surface area is 117 Å². The van der Waals surface area contributed by atoms with Gasteiger partial charge in [0.1, 0.15) is 5.75 Å². The Morgan fingerprint density at radius 3 is 2.60 bits per heavy atom. The van der Waals surface area contributed by atoms with Crippen molar-refractivity contribution in [1.82, 2.24) is 0 Å². The molecule has 1 aromatic carbocycles. The van der Waals surface area contributed by atoms with Crippen molar-refractivity contribution in [2.24, 2.45) is 11.5 Å². The lowest BCUT2D eigenvalue weighted by Gasteiger charge is -2.36. The summed E-state index contributed by atoms with van der Waals surface area (Å²) < 4.78 is 5.46. The number of hydrogen-bond donors (Lipinski definition) is 3. The molecule has 1 aliphatic rings. The first-order chi connectivity index (χ1) is 9.51. The highest BCUT2D eigenvalue weighted by Gasteiger charge is 2.40. The molecule has 0 radical (unpaired) electrons. The maximum absolute atomic E-state index is 12.1. The highest BCUT2D eigenvalue weighted by atomic mass is 16.5. The molecule has 1 aromatic rings. The van der Waals surface area contributed by atoms with Crippen molar-refractivity contribution >= 4 is 17.5 Å². The van der Waals surface area contributed by atoms with E-state index in [2.05, 4.69) is 5.32 Å². The van der Waals surface area contributed by atoms with Gasteiger partial charge in [-0.3, -0.25) is 9.59 Å². The minimum absolute atomic E-state index is 0.128. The third-order valence-electron chi connectivity index (χ3n) is 3.44. The summed E-state index contributed by atoms with van der Waals surface area (Å²) in [6, 6.07) is 7.04. The van der Waals surface area contributed by atoms with Gasteiger partial charge in [-0.1, -0.05) is 12.1 Å². The molecular weight excluding hydrogens is 258 g/mol. The van der Waals surface area contributed by atoms with E-state index in [9.17, 15) is 9.59 Å². The highest BCUT2D eigenvalue weighted by molar-refractivity contribution is 5.99. The number of nitrogens with two attached hydrogens (primary N) is 2. The molecule has 5 N–H and O–H groups in total. The van der Waals surface area contributed by atoms with Crippen LogP contribution in [0.15, 0.2) is 24.3 Å². The van der Waals surface area contributed by atoms with E-state index in [1.165, 1.54) is 0 Å². The number of ether oxygens (including phenoxy) is 1. The molecule has 0 aliphatic heterocycles. The number of anilines is 1. The molecule has 2 rings (SSSR count). The summed E-state index contributed by atoms with van der Waals surface area (Å²) in [6.07, 6.45) is 2.50. The average Bonchev–Trinajstić information content (AvgIpc) is 2.37. The van der Waals surface area contributed by atoms with Crippen LogP contribution >= 0.6 is 0 Å². The van der Waals surface area contributed by atoms with E-state index in [0.717, 1.165) is 6.42 Å². The minimum atomic E-state index is -0.764. The van der Waals surface area contributed by atoms with Crippen molar-refractivity contribution in [3.8, 4) is 5.75 Å². The molecule has 0 bridgehead atoms. The molecule has 1 fully saturated rings. The van der Waals surface area contributed by atoms with Crippen molar-refractivity contribution in [2.75, 3.05) is 11.9 Å². The van der Waals surface area contributed by atoms with Crippen LogP contribution in [0.5, 0.6) is 5.75 Å². The van der Waals surface area contributed by atoms with Crippen LogP contribution in [0.4, 0.5) is 5.69 Å². The Kier molecular flexibility index (Phi) is 4.24. The fourth-order valence-corrected chi connectivity index (χ4v) is 1.99. The van der Waals surface area contributed by atoms with E-state index >= 15 is 0 Å². The monoisotopic (exact) mass is 277 g/mol. The number of hydrogen-bond acceptors (Lipinski definition) is 4. The van der Waals surface area contributed by atoms with Crippen molar-refractivity contribution in [1.29, 1.82) is 0 Å². The van der Waals surface area contributed by atoms with Gasteiger partial charge in [0.15, 0.2) is 0 Å². The highest BCUT2D eigenvalue weighted by Crippen LogP contribution is 2.32. The topological polar surface area (TPSA) is 107 Å². The van der Waals surface area contributed by atoms with Gasteiger partial charge < -0.3 is 21.5 Å². The summed E-state index contributed by atoms with van der Waals surface area (Å²) in [5.74, 6) is -0.123. The third-order valence-corrected chi connectivity index (χ3v) is 3.44. The van der Waals surface area contributed by atoms with E-state index in [4.69, 9.17) is 16.2 Å². The van der Waals surface area contributed by atoms with E-state index in [-0.39, 0.29) is 18.9 Å². The zero-order valence-corrected chi connectivity index (χ0v) is 11.2. The van der Waals surface area contributed by atoms with Gasteiger partial charge in [0.25, 0.3) is 0 Å². The van der Waals surface area contributed by atoms with Crippen LogP contribution in [-0.4, -0.2) is 24.0 Å². The molecule has 108 valence electrons. The lowest BCUT2D eigenvalue weighted by atomic mass is 9.77. The molecule has 2 amide bonds. The molecule has 6 nitrogen and oxygen atoms in total. The summed E-state index contributed by atoms with van der Waals surface area (Å²) in [7, 11) is 0. The number of amides is 2. The van der Waals surface area contributed by atoms with Gasteiger partial charge in [0.05, 0.1) is 24.3 Å². The van der Waals surface area contributed by atoms with Crippen LogP contribution in [0, 0.1) is 0 Å². The zero-order valence-electron chi connectivity index (χ0n) is 11.2. The first-order valence-corrected chi connectivity index (χ1v) is 6.62. The molecule has 20 heavy (non-hydrogen) atoms. The maximum atomic E-state index is 12.1. The number of benzene rings is 1. The van der Waals surface area contributed by atoms with Gasteiger partial charge in [-0.05, 0) is 31.4 Å². The first-order valence-electron chi connectivity index (χ1n) is 6.62. The van der Waals surface area contributed by atoms with Gasteiger partial charge in [-0.15, -0.1) is 0 Å². The van der Waals surface area contributed by atoms with E-state index in [1.54, 1.807) is 24.3 Å². The molecule has 1 aliphatic carbocycles. The second-order valence-corrected chi connectivity index (χ2v) is 5.02. The van der Waals surface area contributed by atoms with Crippen LogP contribution in [0.2, 0.25) is 0 Å². The minimum Gasteiger partial charge on any atom is -0.491 e. The Morgan fingerprint density at radius 2 is 2.00 bits per heavy atom. The summed E-state index contributed by atoms with van der Waals surface area (Å²) in [5.41, 5.74) is 10.8. The Hall–Kier alpha value is -2.08. The molecule has 0 atom stereocenters. The molecule has 0 aromatic heterocycles. The van der Waals surface area contributed by atoms with Gasteiger partial charge in [-0.2, -0.15) is 0 Å². The van der Waals surface area contributed by atoms with Crippen LogP contribution in [0.3, 0.4) is 0 Å². The van der Waals surface area contributed by atoms with Crippen LogP contribution in [0.1, 0.15) is 25.7 Å². The Balaban J connectivity index is 2.00. The lowest BCUT2D eigenvalue weighted by molar-refractivity contribution is -0.124. The molecule has 0 heterocycles. The second kappa shape index (κ2) is 5.92. The van der Waals surface area contributed by atoms with E-state index in [1.807, 2.05) is 0 Å². The predicted molar refractivity (Wildman–Crippen MR) is 75.1 cm³/mol. The van der Waals surface area contributed by atoms with Crippen molar-refractivity contribution in [2.45, 2.75) is 31.2 Å². The molecular formula is C14H19N3O3. The van der Waals surface area contributed by atoms with Crippen molar-refractivity contribution < 1.29 is 14.3 Å². The quantitative estimate of drug-likeness (QED) is 0.713. The van der Waals surface area contributed by atoms with Gasteiger partial charge in [-0.25, -0.2) is 0 Å². The third kappa shape index (κ3) is 3.27. The first kappa shape index (κ1) is 14.3. The lowest BCUT2D eigenvalue weighted by Crippen LogP contribution is -2.56. The Bertz CT molecular complexity index is 512. The fourth-order valence-electron chi connectivity index (χ4n) is 1.99. The normalized spacial score (nSPS) is 16.1. The molecule has 0 unspecified atom stereocenters. The number of nitrogens with one attached hydrogen (secondary N) is 1. The summed E-state index contributed by atoms with van der Waals surface area (Å²) in [6.45, 7) is 0.177. The zero-order chi connectivity index (χ0) is 14.6. The van der Waals surface area contributed by atoms with Crippen LogP contribution in [0.25, 0.3) is 0 Å². The van der Waals surface area contributed by atoms with Crippen molar-refractivity contribution in [3.05, 3.63) is 24.3 Å². The molecule has 0 saturated heterocycles. The van der Waals surface area contributed by atoms with E-state index < -0.39 is 11.4 Å². The van der Waals surface area contributed by atoms with Crippen molar-refractivity contribution in [3.63, 3.8) is 0 Å². The van der Waals surface area contributed by atoms with Crippen LogP contribution in [-0.2, 0) is 9.59 Å².